The first kappa shape index (κ1) is 14.5. The van der Waals surface area contributed by atoms with Gasteiger partial charge in [0.15, 0.2) is 5.65 Å². The molecule has 0 radical (unpaired) electrons. The molecule has 3 aromatic heterocycles. The van der Waals surface area contributed by atoms with Crippen molar-refractivity contribution in [3.63, 3.8) is 0 Å². The van der Waals surface area contributed by atoms with Gasteiger partial charge < -0.3 is 4.74 Å². The highest BCUT2D eigenvalue weighted by atomic mass is 32.2. The summed E-state index contributed by atoms with van der Waals surface area (Å²) >= 11 is 1.31. The second-order valence-corrected chi connectivity index (χ2v) is 5.27. The number of hydrogen-bond acceptors (Lipinski definition) is 7. The van der Waals surface area contributed by atoms with Crippen LogP contribution < -0.4 is 0 Å². The predicted molar refractivity (Wildman–Crippen MR) is 81.4 cm³/mol. The van der Waals surface area contributed by atoms with Gasteiger partial charge in [0.05, 0.1) is 12.4 Å². The van der Waals surface area contributed by atoms with E-state index < -0.39 is 0 Å². The summed E-state index contributed by atoms with van der Waals surface area (Å²) in [6, 6.07) is 9.16. The van der Waals surface area contributed by atoms with Gasteiger partial charge in [0.2, 0.25) is 5.82 Å². The van der Waals surface area contributed by atoms with Gasteiger partial charge in [-0.05, 0) is 31.2 Å². The van der Waals surface area contributed by atoms with Crippen LogP contribution in [0.5, 0.6) is 0 Å². The zero-order chi connectivity index (χ0) is 15.4. The second-order valence-electron chi connectivity index (χ2n) is 4.27. The molecule has 0 spiro atoms. The molecule has 0 aliphatic rings. The number of carbonyl (C=O) groups excluding carboxylic acids is 1. The molecule has 0 saturated heterocycles. The Bertz CT molecular complexity index is 790. The van der Waals surface area contributed by atoms with Crippen LogP contribution in [0.15, 0.2) is 41.6 Å². The number of ether oxygens (including phenoxy) is 1. The molecule has 7 nitrogen and oxygen atoms in total. The van der Waals surface area contributed by atoms with Crippen molar-refractivity contribution in [3.05, 3.63) is 36.5 Å². The number of esters is 1. The van der Waals surface area contributed by atoms with Gasteiger partial charge in [-0.2, -0.15) is 9.61 Å². The quantitative estimate of drug-likeness (QED) is 0.525. The van der Waals surface area contributed by atoms with E-state index in [1.54, 1.807) is 29.8 Å². The van der Waals surface area contributed by atoms with E-state index in [9.17, 15) is 4.79 Å². The lowest BCUT2D eigenvalue weighted by Crippen LogP contribution is -2.07. The van der Waals surface area contributed by atoms with Crippen LogP contribution in [-0.2, 0) is 9.53 Å². The standard InChI is InChI=1S/C14H13N5O2S/c1-2-21-13(20)9-22-12-7-6-11-16-17-14(19(11)18-12)10-5-3-4-8-15-10/h3-8H,2,9H2,1H3. The Morgan fingerprint density at radius 1 is 1.27 bits per heavy atom. The monoisotopic (exact) mass is 315 g/mol. The maximum Gasteiger partial charge on any atom is 0.316 e. The van der Waals surface area contributed by atoms with Crippen molar-refractivity contribution < 1.29 is 9.53 Å². The van der Waals surface area contributed by atoms with Crippen LogP contribution in [0.3, 0.4) is 0 Å². The van der Waals surface area contributed by atoms with Crippen molar-refractivity contribution in [1.29, 1.82) is 0 Å². The number of rotatable bonds is 5. The normalized spacial score (nSPS) is 10.8. The van der Waals surface area contributed by atoms with Crippen LogP contribution in [0.25, 0.3) is 17.2 Å². The maximum absolute atomic E-state index is 11.4. The largest absolute Gasteiger partial charge is 0.465 e. The molecule has 3 heterocycles. The highest BCUT2D eigenvalue weighted by Gasteiger charge is 2.11. The van der Waals surface area contributed by atoms with Gasteiger partial charge >= 0.3 is 5.97 Å². The third kappa shape index (κ3) is 3.06. The molecular weight excluding hydrogens is 302 g/mol. The molecule has 0 N–H and O–H groups in total. The number of pyridine rings is 1. The van der Waals surface area contributed by atoms with Crippen molar-refractivity contribution in [3.8, 4) is 11.5 Å². The van der Waals surface area contributed by atoms with Crippen LogP contribution in [0.1, 0.15) is 6.92 Å². The molecule has 3 aromatic rings. The average molecular weight is 315 g/mol. The van der Waals surface area contributed by atoms with E-state index in [1.807, 2.05) is 18.2 Å². The summed E-state index contributed by atoms with van der Waals surface area (Å²) in [7, 11) is 0. The minimum absolute atomic E-state index is 0.216. The summed E-state index contributed by atoms with van der Waals surface area (Å²) in [6.45, 7) is 2.16. The summed E-state index contributed by atoms with van der Waals surface area (Å²) in [5.41, 5.74) is 1.32. The molecule has 0 amide bonds. The molecule has 8 heteroatoms. The highest BCUT2D eigenvalue weighted by molar-refractivity contribution is 7.99. The van der Waals surface area contributed by atoms with E-state index in [0.29, 0.717) is 28.8 Å². The molecule has 0 bridgehead atoms. The number of carbonyl (C=O) groups is 1. The molecule has 0 unspecified atom stereocenters. The number of aromatic nitrogens is 5. The molecule has 0 fully saturated rings. The summed E-state index contributed by atoms with van der Waals surface area (Å²) < 4.78 is 6.52. The fourth-order valence-corrected chi connectivity index (χ4v) is 2.49. The third-order valence-corrected chi connectivity index (χ3v) is 3.67. The van der Waals surface area contributed by atoms with Crippen LogP contribution in [0.2, 0.25) is 0 Å². The van der Waals surface area contributed by atoms with Gasteiger partial charge in [0.1, 0.15) is 10.7 Å². The lowest BCUT2D eigenvalue weighted by molar-refractivity contribution is -0.139. The van der Waals surface area contributed by atoms with Gasteiger partial charge in [-0.3, -0.25) is 9.78 Å². The Hall–Kier alpha value is -2.48. The number of thioether (sulfide) groups is 1. The Balaban J connectivity index is 1.87. The van der Waals surface area contributed by atoms with Crippen LogP contribution in [0, 0.1) is 0 Å². The summed E-state index contributed by atoms with van der Waals surface area (Å²) in [6.07, 6.45) is 1.69. The SMILES string of the molecule is CCOC(=O)CSc1ccc2nnc(-c3ccccn3)n2n1. The van der Waals surface area contributed by atoms with E-state index in [2.05, 4.69) is 20.3 Å². The topological polar surface area (TPSA) is 82.3 Å². The first-order valence-electron chi connectivity index (χ1n) is 6.70. The summed E-state index contributed by atoms with van der Waals surface area (Å²) in [5, 5.41) is 13.3. The second kappa shape index (κ2) is 6.52. The van der Waals surface area contributed by atoms with Crippen molar-refractivity contribution >= 4 is 23.4 Å². The van der Waals surface area contributed by atoms with E-state index in [0.717, 1.165) is 0 Å². The molecule has 0 aromatic carbocycles. The highest BCUT2D eigenvalue weighted by Crippen LogP contribution is 2.19. The number of hydrogen-bond donors (Lipinski definition) is 0. The van der Waals surface area contributed by atoms with Gasteiger partial charge in [-0.25, -0.2) is 0 Å². The van der Waals surface area contributed by atoms with Crippen molar-refractivity contribution in [1.82, 2.24) is 24.8 Å². The molecule has 22 heavy (non-hydrogen) atoms. The minimum Gasteiger partial charge on any atom is -0.465 e. The van der Waals surface area contributed by atoms with E-state index in [4.69, 9.17) is 4.74 Å². The smallest absolute Gasteiger partial charge is 0.316 e. The zero-order valence-corrected chi connectivity index (χ0v) is 12.7. The van der Waals surface area contributed by atoms with Crippen LogP contribution in [-0.4, -0.2) is 43.1 Å². The fraction of sp³-hybridized carbons (Fsp3) is 0.214. The molecule has 112 valence electrons. The minimum atomic E-state index is -0.261. The van der Waals surface area contributed by atoms with Crippen molar-refractivity contribution in [2.75, 3.05) is 12.4 Å². The Labute approximate surface area is 130 Å². The predicted octanol–water partition coefficient (Wildman–Crippen LogP) is 1.84. The maximum atomic E-state index is 11.4. The summed E-state index contributed by atoms with van der Waals surface area (Å²) in [5.74, 6) is 0.519. The Morgan fingerprint density at radius 3 is 2.95 bits per heavy atom. The van der Waals surface area contributed by atoms with Gasteiger partial charge in [-0.1, -0.05) is 17.8 Å². The van der Waals surface area contributed by atoms with Crippen molar-refractivity contribution in [2.45, 2.75) is 11.9 Å². The number of fused-ring (bicyclic) bond motifs is 1. The third-order valence-electron chi connectivity index (χ3n) is 2.78. The molecular formula is C14H13N5O2S. The van der Waals surface area contributed by atoms with E-state index in [-0.39, 0.29) is 11.7 Å². The Kier molecular flexibility index (Phi) is 4.29. The van der Waals surface area contributed by atoms with Gasteiger partial charge in [0.25, 0.3) is 0 Å². The lowest BCUT2D eigenvalue weighted by Gasteiger charge is -2.03. The first-order chi connectivity index (χ1) is 10.8. The Morgan fingerprint density at radius 2 is 2.18 bits per heavy atom. The molecule has 0 atom stereocenters. The van der Waals surface area contributed by atoms with Gasteiger partial charge in [-0.15, -0.1) is 10.2 Å². The van der Waals surface area contributed by atoms with E-state index in [1.165, 1.54) is 11.8 Å². The van der Waals surface area contributed by atoms with Crippen LogP contribution in [0.4, 0.5) is 0 Å². The molecule has 3 rings (SSSR count). The molecule has 0 aliphatic carbocycles. The number of nitrogens with zero attached hydrogens (tertiary/aromatic N) is 5. The lowest BCUT2D eigenvalue weighted by atomic mass is 10.3. The average Bonchev–Trinajstić information content (AvgIpc) is 2.97. The zero-order valence-electron chi connectivity index (χ0n) is 11.8. The summed E-state index contributed by atoms with van der Waals surface area (Å²) in [4.78, 5) is 15.7. The van der Waals surface area contributed by atoms with Crippen molar-refractivity contribution in [2.24, 2.45) is 0 Å². The fourth-order valence-electron chi connectivity index (χ4n) is 1.84. The molecule has 0 aliphatic heterocycles. The van der Waals surface area contributed by atoms with E-state index >= 15 is 0 Å². The van der Waals surface area contributed by atoms with Gasteiger partial charge in [0, 0.05) is 6.20 Å². The first-order valence-corrected chi connectivity index (χ1v) is 7.69. The molecule has 0 saturated carbocycles. The van der Waals surface area contributed by atoms with Crippen LogP contribution >= 0.6 is 11.8 Å².